The molecule has 1 heterocycles. The molecule has 0 bridgehead atoms. The van der Waals surface area contributed by atoms with Gasteiger partial charge in [0, 0.05) is 11.9 Å². The number of nitrogens with one attached hydrogen (secondary N) is 1. The summed E-state index contributed by atoms with van der Waals surface area (Å²) in [4.78, 5) is 3.38. The molecule has 3 nitrogen and oxygen atoms in total. The van der Waals surface area contributed by atoms with Crippen molar-refractivity contribution in [3.8, 4) is 5.75 Å². The fourth-order valence-corrected chi connectivity index (χ4v) is 2.75. The third-order valence-corrected chi connectivity index (χ3v) is 4.05. The van der Waals surface area contributed by atoms with Crippen LogP contribution in [-0.2, 0) is 6.18 Å². The molecule has 7 heteroatoms. The van der Waals surface area contributed by atoms with E-state index >= 15 is 0 Å². The van der Waals surface area contributed by atoms with Gasteiger partial charge in [-0.1, -0.05) is 17.7 Å². The molecule has 0 aliphatic carbocycles. The van der Waals surface area contributed by atoms with Gasteiger partial charge in [-0.3, -0.25) is 4.98 Å². The number of alkyl halides is 3. The van der Waals surface area contributed by atoms with Crippen LogP contribution in [0.4, 0.5) is 18.9 Å². The molecular weight excluding hydrogens is 353 g/mol. The maximum atomic E-state index is 13.1. The fraction of sp³-hybridized carbons (Fsp3) is 0.278. The van der Waals surface area contributed by atoms with E-state index in [0.29, 0.717) is 24.2 Å². The fourth-order valence-electron chi connectivity index (χ4n) is 2.40. The molecule has 1 aromatic heterocycles. The lowest BCUT2D eigenvalue weighted by molar-refractivity contribution is -0.141. The number of hydrogen-bond donors (Lipinski definition) is 1. The number of aromatic nitrogens is 1. The van der Waals surface area contributed by atoms with Crippen LogP contribution in [0.3, 0.4) is 0 Å². The average Bonchev–Trinajstić information content (AvgIpc) is 2.58. The Kier molecular flexibility index (Phi) is 6.31. The van der Waals surface area contributed by atoms with Crippen LogP contribution in [0.15, 0.2) is 49.2 Å². The van der Waals surface area contributed by atoms with E-state index in [1.165, 1.54) is 6.07 Å². The molecule has 25 heavy (non-hydrogen) atoms. The van der Waals surface area contributed by atoms with Gasteiger partial charge in [0.05, 0.1) is 18.2 Å². The first-order chi connectivity index (χ1) is 11.9. The number of allylic oxidation sites excluding steroid dienone is 1. The van der Waals surface area contributed by atoms with Crippen molar-refractivity contribution < 1.29 is 17.9 Å². The van der Waals surface area contributed by atoms with Crippen LogP contribution >= 0.6 is 11.6 Å². The number of halogens is 4. The summed E-state index contributed by atoms with van der Waals surface area (Å²) in [7, 11) is 1.56. The predicted molar refractivity (Wildman–Crippen MR) is 93.0 cm³/mol. The number of anilines is 1. The highest BCUT2D eigenvalue weighted by Gasteiger charge is 2.36. The van der Waals surface area contributed by atoms with E-state index in [1.54, 1.807) is 37.5 Å². The summed E-state index contributed by atoms with van der Waals surface area (Å²) in [5.41, 5.74) is 0.0183. The Hall–Kier alpha value is -2.21. The van der Waals surface area contributed by atoms with Gasteiger partial charge in [0.2, 0.25) is 0 Å². The lowest BCUT2D eigenvalue weighted by Gasteiger charge is -2.22. The summed E-state index contributed by atoms with van der Waals surface area (Å²) in [6, 6.07) is 8.20. The van der Waals surface area contributed by atoms with Gasteiger partial charge in [-0.25, -0.2) is 0 Å². The van der Waals surface area contributed by atoms with Gasteiger partial charge in [-0.15, -0.1) is 6.58 Å². The van der Waals surface area contributed by atoms with Gasteiger partial charge in [-0.2, -0.15) is 13.2 Å². The zero-order valence-corrected chi connectivity index (χ0v) is 14.4. The molecule has 0 radical (unpaired) electrons. The molecule has 0 aliphatic heterocycles. The maximum Gasteiger partial charge on any atom is 0.434 e. The largest absolute Gasteiger partial charge is 0.497 e. The average molecular weight is 371 g/mol. The molecule has 0 saturated carbocycles. The summed E-state index contributed by atoms with van der Waals surface area (Å²) >= 11 is 6.01. The number of benzene rings is 1. The van der Waals surface area contributed by atoms with Crippen LogP contribution in [0.5, 0.6) is 5.75 Å². The minimum absolute atomic E-state index is 0.349. The number of methoxy groups -OCH3 is 1. The highest BCUT2D eigenvalue weighted by molar-refractivity contribution is 6.32. The third kappa shape index (κ3) is 4.89. The van der Waals surface area contributed by atoms with Crippen molar-refractivity contribution >= 4 is 17.3 Å². The molecule has 1 atom stereocenters. The summed E-state index contributed by atoms with van der Waals surface area (Å²) in [5.74, 6) is 0.689. The Balaban J connectivity index is 2.35. The van der Waals surface area contributed by atoms with Crippen molar-refractivity contribution in [1.82, 2.24) is 4.98 Å². The summed E-state index contributed by atoms with van der Waals surface area (Å²) < 4.78 is 44.3. The number of rotatable bonds is 7. The first-order valence-corrected chi connectivity index (χ1v) is 7.97. The molecule has 2 rings (SSSR count). The molecule has 134 valence electrons. The number of hydrogen-bond acceptors (Lipinski definition) is 3. The third-order valence-electron chi connectivity index (χ3n) is 3.65. The van der Waals surface area contributed by atoms with Crippen LogP contribution in [0, 0.1) is 0 Å². The zero-order valence-electron chi connectivity index (χ0n) is 13.6. The minimum atomic E-state index is -4.60. The molecule has 0 amide bonds. The second kappa shape index (κ2) is 8.25. The van der Waals surface area contributed by atoms with Crippen molar-refractivity contribution in [3.05, 3.63) is 65.5 Å². The van der Waals surface area contributed by atoms with Gasteiger partial charge < -0.3 is 10.1 Å². The molecule has 2 aromatic rings. The number of ether oxygens (including phenoxy) is 1. The van der Waals surface area contributed by atoms with Crippen molar-refractivity contribution in [1.29, 1.82) is 0 Å². The highest BCUT2D eigenvalue weighted by atomic mass is 35.5. The molecule has 0 aliphatic rings. The standard InChI is InChI=1S/C18H18ClF3N2O/c1-3-4-5-15(24-12-6-8-13(25-2)9-7-12)14-10-11-23-17(16(14)19)18(20,21)22/h3,6-11,15,24H,1,4-5H2,2H3/t15-/m1/s1. The second-order valence-corrected chi connectivity index (χ2v) is 5.73. The van der Waals surface area contributed by atoms with Gasteiger partial charge >= 0.3 is 6.18 Å². The smallest absolute Gasteiger partial charge is 0.434 e. The van der Waals surface area contributed by atoms with Crippen molar-refractivity contribution in [3.63, 3.8) is 0 Å². The van der Waals surface area contributed by atoms with Crippen molar-refractivity contribution in [2.24, 2.45) is 0 Å². The van der Waals surface area contributed by atoms with Gasteiger partial charge in [0.25, 0.3) is 0 Å². The van der Waals surface area contributed by atoms with E-state index in [2.05, 4.69) is 16.9 Å². The predicted octanol–water partition coefficient (Wildman–Crippen LogP) is 5.88. The van der Waals surface area contributed by atoms with Crippen LogP contribution in [-0.4, -0.2) is 12.1 Å². The Bertz CT molecular complexity index is 717. The Morgan fingerprint density at radius 1 is 1.28 bits per heavy atom. The maximum absolute atomic E-state index is 13.1. The molecule has 0 fully saturated rings. The molecule has 0 saturated heterocycles. The highest BCUT2D eigenvalue weighted by Crippen LogP contribution is 2.38. The summed E-state index contributed by atoms with van der Waals surface area (Å²) in [5, 5.41) is 2.83. The first-order valence-electron chi connectivity index (χ1n) is 7.60. The quantitative estimate of drug-likeness (QED) is 0.618. The number of pyridine rings is 1. The van der Waals surface area contributed by atoms with E-state index in [1.807, 2.05) is 0 Å². The Labute approximate surface area is 149 Å². The van der Waals surface area contributed by atoms with E-state index in [0.717, 1.165) is 11.9 Å². The topological polar surface area (TPSA) is 34.1 Å². The van der Waals surface area contributed by atoms with Gasteiger partial charge in [-0.05, 0) is 48.7 Å². The van der Waals surface area contributed by atoms with E-state index in [9.17, 15) is 13.2 Å². The van der Waals surface area contributed by atoms with Gasteiger partial charge in [0.1, 0.15) is 5.75 Å². The van der Waals surface area contributed by atoms with Crippen LogP contribution < -0.4 is 10.1 Å². The zero-order chi connectivity index (χ0) is 18.4. The van der Waals surface area contributed by atoms with E-state index in [4.69, 9.17) is 16.3 Å². The molecule has 1 aromatic carbocycles. The Morgan fingerprint density at radius 3 is 2.52 bits per heavy atom. The van der Waals surface area contributed by atoms with Crippen LogP contribution in [0.25, 0.3) is 0 Å². The normalized spacial score (nSPS) is 12.5. The monoisotopic (exact) mass is 370 g/mol. The SMILES string of the molecule is C=CCC[C@@H](Nc1ccc(OC)cc1)c1ccnc(C(F)(F)F)c1Cl. The molecular formula is C18H18ClF3N2O. The first kappa shape index (κ1) is 19.1. The van der Waals surface area contributed by atoms with Crippen LogP contribution in [0.1, 0.15) is 30.1 Å². The van der Waals surface area contributed by atoms with E-state index in [-0.39, 0.29) is 5.02 Å². The van der Waals surface area contributed by atoms with Crippen molar-refractivity contribution in [2.75, 3.05) is 12.4 Å². The van der Waals surface area contributed by atoms with Gasteiger partial charge in [0.15, 0.2) is 5.69 Å². The minimum Gasteiger partial charge on any atom is -0.497 e. The molecule has 0 unspecified atom stereocenters. The van der Waals surface area contributed by atoms with Crippen molar-refractivity contribution in [2.45, 2.75) is 25.1 Å². The molecule has 1 N–H and O–H groups in total. The lowest BCUT2D eigenvalue weighted by Crippen LogP contribution is -2.15. The van der Waals surface area contributed by atoms with E-state index < -0.39 is 17.9 Å². The Morgan fingerprint density at radius 2 is 1.96 bits per heavy atom. The molecule has 0 spiro atoms. The van der Waals surface area contributed by atoms with Crippen LogP contribution in [0.2, 0.25) is 5.02 Å². The lowest BCUT2D eigenvalue weighted by atomic mass is 10.0. The summed E-state index contributed by atoms with van der Waals surface area (Å²) in [6.45, 7) is 3.67. The number of nitrogens with zero attached hydrogens (tertiary/aromatic N) is 1. The summed E-state index contributed by atoms with van der Waals surface area (Å²) in [6.07, 6.45) is -0.607. The second-order valence-electron chi connectivity index (χ2n) is 5.35.